The van der Waals surface area contributed by atoms with E-state index in [0.29, 0.717) is 24.3 Å². The van der Waals surface area contributed by atoms with Gasteiger partial charge in [0.15, 0.2) is 5.69 Å². The molecule has 0 bridgehead atoms. The molecule has 1 aliphatic carbocycles. The molecule has 3 aromatic rings. The first-order valence-corrected chi connectivity index (χ1v) is 8.77. The van der Waals surface area contributed by atoms with Gasteiger partial charge in [0, 0.05) is 30.2 Å². The predicted molar refractivity (Wildman–Crippen MR) is 95.8 cm³/mol. The highest BCUT2D eigenvalue weighted by molar-refractivity contribution is 5.94. The predicted octanol–water partition coefficient (Wildman–Crippen LogP) is 2.87. The van der Waals surface area contributed by atoms with Gasteiger partial charge < -0.3 is 5.32 Å². The molecule has 0 unspecified atom stereocenters. The van der Waals surface area contributed by atoms with E-state index < -0.39 is 0 Å². The number of rotatable bonds is 5. The molecule has 2 heterocycles. The molecule has 1 N–H and O–H groups in total. The summed E-state index contributed by atoms with van der Waals surface area (Å²) in [5, 5.41) is 7.36. The largest absolute Gasteiger partial charge is 0.350 e. The number of amides is 1. The molecule has 0 fully saturated rings. The van der Waals surface area contributed by atoms with Crippen LogP contribution in [0.2, 0.25) is 0 Å². The highest BCUT2D eigenvalue weighted by Crippen LogP contribution is 2.28. The molecule has 1 aromatic carbocycles. The maximum Gasteiger partial charge on any atom is 0.272 e. The SMILES string of the molecule is O=C(NCCc1cccnc1)c1nn(-c2ccccc2F)c2c1CCC2. The molecule has 132 valence electrons. The van der Waals surface area contributed by atoms with Gasteiger partial charge in [0.05, 0.1) is 0 Å². The molecule has 0 atom stereocenters. The molecule has 4 rings (SSSR count). The van der Waals surface area contributed by atoms with Crippen LogP contribution in [0.4, 0.5) is 4.39 Å². The van der Waals surface area contributed by atoms with Gasteiger partial charge in [-0.3, -0.25) is 9.78 Å². The van der Waals surface area contributed by atoms with Gasteiger partial charge in [-0.25, -0.2) is 9.07 Å². The summed E-state index contributed by atoms with van der Waals surface area (Å²) in [5.41, 5.74) is 3.74. The fourth-order valence-electron chi connectivity index (χ4n) is 3.39. The Morgan fingerprint density at radius 1 is 1.19 bits per heavy atom. The van der Waals surface area contributed by atoms with E-state index in [1.165, 1.54) is 6.07 Å². The lowest BCUT2D eigenvalue weighted by Gasteiger charge is -2.06. The Bertz CT molecular complexity index is 936. The first-order chi connectivity index (χ1) is 12.7. The second-order valence-electron chi connectivity index (χ2n) is 6.36. The third kappa shape index (κ3) is 3.10. The summed E-state index contributed by atoms with van der Waals surface area (Å²) < 4.78 is 15.8. The van der Waals surface area contributed by atoms with Crippen LogP contribution in [-0.2, 0) is 19.3 Å². The summed E-state index contributed by atoms with van der Waals surface area (Å²) in [6.07, 6.45) is 6.78. The Balaban J connectivity index is 1.54. The van der Waals surface area contributed by atoms with E-state index in [-0.39, 0.29) is 11.7 Å². The Morgan fingerprint density at radius 3 is 2.88 bits per heavy atom. The Labute approximate surface area is 150 Å². The number of halogens is 1. The minimum atomic E-state index is -0.340. The van der Waals surface area contributed by atoms with Crippen LogP contribution >= 0.6 is 0 Å². The molecule has 26 heavy (non-hydrogen) atoms. The second-order valence-corrected chi connectivity index (χ2v) is 6.36. The summed E-state index contributed by atoms with van der Waals surface area (Å²) in [7, 11) is 0. The van der Waals surface area contributed by atoms with Gasteiger partial charge in [0.25, 0.3) is 5.91 Å². The van der Waals surface area contributed by atoms with E-state index in [0.717, 1.165) is 36.1 Å². The van der Waals surface area contributed by atoms with Gasteiger partial charge in [-0.05, 0) is 49.4 Å². The molecular weight excluding hydrogens is 331 g/mol. The van der Waals surface area contributed by atoms with Crippen molar-refractivity contribution < 1.29 is 9.18 Å². The van der Waals surface area contributed by atoms with Crippen LogP contribution < -0.4 is 5.32 Å². The molecule has 0 spiro atoms. The van der Waals surface area contributed by atoms with Crippen LogP contribution in [-0.4, -0.2) is 27.2 Å². The van der Waals surface area contributed by atoms with Crippen molar-refractivity contribution in [3.05, 3.63) is 77.1 Å². The highest BCUT2D eigenvalue weighted by atomic mass is 19.1. The van der Waals surface area contributed by atoms with Crippen LogP contribution in [0.5, 0.6) is 0 Å². The van der Waals surface area contributed by atoms with E-state index in [1.807, 2.05) is 12.1 Å². The zero-order valence-electron chi connectivity index (χ0n) is 14.3. The number of aromatic nitrogens is 3. The molecule has 1 amide bonds. The van der Waals surface area contributed by atoms with E-state index in [9.17, 15) is 9.18 Å². The molecule has 0 saturated carbocycles. The maximum absolute atomic E-state index is 14.2. The maximum atomic E-state index is 14.2. The van der Waals surface area contributed by atoms with Crippen molar-refractivity contribution in [3.8, 4) is 5.69 Å². The third-order valence-corrected chi connectivity index (χ3v) is 4.65. The summed E-state index contributed by atoms with van der Waals surface area (Å²) in [5.74, 6) is -0.546. The Morgan fingerprint density at radius 2 is 2.08 bits per heavy atom. The van der Waals surface area contributed by atoms with Gasteiger partial charge >= 0.3 is 0 Å². The summed E-state index contributed by atoms with van der Waals surface area (Å²) in [6.45, 7) is 0.506. The van der Waals surface area contributed by atoms with Gasteiger partial charge in [0.1, 0.15) is 11.5 Å². The molecule has 5 nitrogen and oxygen atoms in total. The molecule has 6 heteroatoms. The fourth-order valence-corrected chi connectivity index (χ4v) is 3.39. The molecule has 0 saturated heterocycles. The Hall–Kier alpha value is -3.02. The first kappa shape index (κ1) is 16.4. The van der Waals surface area contributed by atoms with Gasteiger partial charge in [0.2, 0.25) is 0 Å². The molecule has 1 aliphatic rings. The van der Waals surface area contributed by atoms with Crippen LogP contribution in [0.1, 0.15) is 33.7 Å². The van der Waals surface area contributed by atoms with Crippen molar-refractivity contribution in [2.24, 2.45) is 0 Å². The van der Waals surface area contributed by atoms with Crippen LogP contribution in [0.15, 0.2) is 48.8 Å². The number of hydrogen-bond donors (Lipinski definition) is 1. The van der Waals surface area contributed by atoms with E-state index in [1.54, 1.807) is 35.3 Å². The molecule has 2 aromatic heterocycles. The first-order valence-electron chi connectivity index (χ1n) is 8.77. The van der Waals surface area contributed by atoms with Crippen molar-refractivity contribution in [1.82, 2.24) is 20.1 Å². The summed E-state index contributed by atoms with van der Waals surface area (Å²) in [6, 6.07) is 10.4. The monoisotopic (exact) mass is 350 g/mol. The molecule has 0 radical (unpaired) electrons. The number of hydrogen-bond acceptors (Lipinski definition) is 3. The standard InChI is InChI=1S/C20H19FN4O/c21-16-7-1-2-8-18(16)25-17-9-3-6-15(17)19(24-25)20(26)23-12-10-14-5-4-11-22-13-14/h1-2,4-5,7-8,11,13H,3,6,9-10,12H2,(H,23,26). The second kappa shape index (κ2) is 7.07. The number of nitrogens with one attached hydrogen (secondary N) is 1. The lowest BCUT2D eigenvalue weighted by molar-refractivity contribution is 0.0948. The summed E-state index contributed by atoms with van der Waals surface area (Å²) >= 11 is 0. The number of fused-ring (bicyclic) bond motifs is 1. The van der Waals surface area contributed by atoms with Crippen molar-refractivity contribution in [2.75, 3.05) is 6.54 Å². The van der Waals surface area contributed by atoms with Crippen LogP contribution in [0, 0.1) is 5.82 Å². The summed E-state index contributed by atoms with van der Waals surface area (Å²) in [4.78, 5) is 16.7. The average molecular weight is 350 g/mol. The van der Waals surface area contributed by atoms with Crippen molar-refractivity contribution in [3.63, 3.8) is 0 Å². The zero-order valence-corrected chi connectivity index (χ0v) is 14.3. The number of para-hydroxylation sites is 1. The number of benzene rings is 1. The van der Waals surface area contributed by atoms with Gasteiger partial charge in [-0.15, -0.1) is 0 Å². The topological polar surface area (TPSA) is 59.8 Å². The lowest BCUT2D eigenvalue weighted by Crippen LogP contribution is -2.27. The third-order valence-electron chi connectivity index (χ3n) is 4.65. The van der Waals surface area contributed by atoms with Crippen molar-refractivity contribution >= 4 is 5.91 Å². The lowest BCUT2D eigenvalue weighted by atomic mass is 10.2. The van der Waals surface area contributed by atoms with Crippen molar-refractivity contribution in [2.45, 2.75) is 25.7 Å². The number of nitrogens with zero attached hydrogens (tertiary/aromatic N) is 3. The number of pyridine rings is 1. The quantitative estimate of drug-likeness (QED) is 0.770. The van der Waals surface area contributed by atoms with Crippen molar-refractivity contribution in [1.29, 1.82) is 0 Å². The smallest absolute Gasteiger partial charge is 0.272 e. The van der Waals surface area contributed by atoms with E-state index >= 15 is 0 Å². The molecular formula is C20H19FN4O. The highest BCUT2D eigenvalue weighted by Gasteiger charge is 2.27. The average Bonchev–Trinajstić information content (AvgIpc) is 3.26. The Kier molecular flexibility index (Phi) is 4.48. The van der Waals surface area contributed by atoms with Crippen LogP contribution in [0.3, 0.4) is 0 Å². The van der Waals surface area contributed by atoms with Gasteiger partial charge in [-0.1, -0.05) is 18.2 Å². The van der Waals surface area contributed by atoms with Crippen LogP contribution in [0.25, 0.3) is 5.69 Å². The van der Waals surface area contributed by atoms with E-state index in [2.05, 4.69) is 15.4 Å². The number of carbonyl (C=O) groups excluding carboxylic acids is 1. The van der Waals surface area contributed by atoms with Gasteiger partial charge in [-0.2, -0.15) is 5.10 Å². The zero-order chi connectivity index (χ0) is 17.9. The molecule has 0 aliphatic heterocycles. The minimum Gasteiger partial charge on any atom is -0.350 e. The normalized spacial score (nSPS) is 12.8. The number of carbonyl (C=O) groups is 1. The van der Waals surface area contributed by atoms with E-state index in [4.69, 9.17) is 0 Å². The fraction of sp³-hybridized carbons (Fsp3) is 0.250. The minimum absolute atomic E-state index is 0.206.